The fraction of sp³-hybridized carbons (Fsp3) is 0.0645. The highest BCUT2D eigenvalue weighted by Gasteiger charge is 2.43. The molecule has 2 aromatic heterocycles. The average molecular weight is 840 g/mol. The highest BCUT2D eigenvalue weighted by molar-refractivity contribution is 7.00. The summed E-state index contributed by atoms with van der Waals surface area (Å²) in [5.41, 5.74) is 16.3. The summed E-state index contributed by atoms with van der Waals surface area (Å²) in [6.45, 7) is 7.11. The molecule has 0 bridgehead atoms. The minimum absolute atomic E-state index is 0.0110. The zero-order valence-electron chi connectivity index (χ0n) is 37.0. The Bertz CT molecular complexity index is 4230. The molecule has 4 heterocycles. The molecule has 4 heteroatoms. The van der Waals surface area contributed by atoms with Crippen LogP contribution in [-0.2, 0) is 5.41 Å². The molecule has 0 saturated carbocycles. The molecule has 0 amide bonds. The van der Waals surface area contributed by atoms with Crippen molar-refractivity contribution < 1.29 is 0 Å². The van der Waals surface area contributed by atoms with Crippen LogP contribution in [0.1, 0.15) is 26.3 Å². The van der Waals surface area contributed by atoms with Crippen LogP contribution in [0.25, 0.3) is 98.1 Å². The Morgan fingerprint density at radius 3 is 1.29 bits per heavy atom. The molecule has 0 aliphatic carbocycles. The Labute approximate surface area is 382 Å². The molecule has 15 rings (SSSR count). The van der Waals surface area contributed by atoms with Crippen LogP contribution in [0.5, 0.6) is 0 Å². The van der Waals surface area contributed by atoms with Crippen LogP contribution < -0.4 is 21.3 Å². The van der Waals surface area contributed by atoms with Crippen molar-refractivity contribution in [3.05, 3.63) is 206 Å². The highest BCUT2D eigenvalue weighted by atomic mass is 15.2. The lowest BCUT2D eigenvalue weighted by Gasteiger charge is -2.36. The maximum Gasteiger partial charge on any atom is 0.252 e. The quantitative estimate of drug-likeness (QED) is 0.128. The molecule has 0 spiro atoms. The Kier molecular flexibility index (Phi) is 7.04. The molecule has 308 valence electrons. The molecule has 13 aromatic rings. The van der Waals surface area contributed by atoms with Crippen molar-refractivity contribution >= 4 is 127 Å². The zero-order valence-corrected chi connectivity index (χ0v) is 37.0. The minimum Gasteiger partial charge on any atom is -0.310 e. The van der Waals surface area contributed by atoms with Crippen molar-refractivity contribution in [3.8, 4) is 11.4 Å². The number of benzene rings is 11. The van der Waals surface area contributed by atoms with E-state index in [1.54, 1.807) is 0 Å². The third-order valence-electron chi connectivity index (χ3n) is 15.1. The smallest absolute Gasteiger partial charge is 0.252 e. The molecule has 2 aliphatic heterocycles. The van der Waals surface area contributed by atoms with Gasteiger partial charge in [0.15, 0.2) is 0 Å². The summed E-state index contributed by atoms with van der Waals surface area (Å²) in [5.74, 6) is 0. The Morgan fingerprint density at radius 2 is 0.773 bits per heavy atom. The molecule has 11 aromatic carbocycles. The van der Waals surface area contributed by atoms with Crippen molar-refractivity contribution in [1.29, 1.82) is 0 Å². The van der Waals surface area contributed by atoms with E-state index in [1.165, 1.54) is 120 Å². The van der Waals surface area contributed by atoms with Crippen LogP contribution in [0, 0.1) is 0 Å². The first-order chi connectivity index (χ1) is 32.4. The summed E-state index contributed by atoms with van der Waals surface area (Å²) in [6, 6.07) is 75.4. The van der Waals surface area contributed by atoms with Gasteiger partial charge in [0.2, 0.25) is 0 Å². The number of hydrogen-bond donors (Lipinski definition) is 0. The second kappa shape index (κ2) is 12.8. The topological polar surface area (TPSA) is 13.1 Å². The van der Waals surface area contributed by atoms with Gasteiger partial charge >= 0.3 is 0 Å². The predicted octanol–water partition coefficient (Wildman–Crippen LogP) is 14.4. The van der Waals surface area contributed by atoms with Gasteiger partial charge in [0, 0.05) is 66.1 Å². The van der Waals surface area contributed by atoms with Crippen molar-refractivity contribution in [2.75, 3.05) is 4.90 Å². The van der Waals surface area contributed by atoms with E-state index in [0.717, 1.165) is 17.1 Å². The monoisotopic (exact) mass is 839 g/mol. The summed E-state index contributed by atoms with van der Waals surface area (Å²) in [7, 11) is 0. The molecule has 2 aliphatic rings. The van der Waals surface area contributed by atoms with E-state index in [1.807, 2.05) is 0 Å². The van der Waals surface area contributed by atoms with Crippen LogP contribution in [-0.4, -0.2) is 15.8 Å². The van der Waals surface area contributed by atoms with Gasteiger partial charge in [-0.2, -0.15) is 0 Å². The zero-order chi connectivity index (χ0) is 43.6. The summed E-state index contributed by atoms with van der Waals surface area (Å²) >= 11 is 0. The lowest BCUT2D eigenvalue weighted by atomic mass is 9.34. The maximum atomic E-state index is 2.69. The van der Waals surface area contributed by atoms with E-state index in [9.17, 15) is 0 Å². The molecular formula is C62H42BN3. The van der Waals surface area contributed by atoms with Gasteiger partial charge in [-0.15, -0.1) is 0 Å². The van der Waals surface area contributed by atoms with E-state index >= 15 is 0 Å². The average Bonchev–Trinajstić information content (AvgIpc) is 3.90. The Morgan fingerprint density at radius 1 is 0.348 bits per heavy atom. The van der Waals surface area contributed by atoms with E-state index < -0.39 is 0 Å². The number of anilines is 3. The fourth-order valence-electron chi connectivity index (χ4n) is 12.4. The standard InChI is InChI=1S/C62H42BN3/c1-62(2,3)37-33-50-56-46-28-15-11-24-42(46)44-26-13-17-30-48(44)61(56)66-54-36-40(64(38-19-6-4-7-20-38)39-21-8-5-9-22-39)35-53-57(54)63(52(34-37)59(50)66)51-32-18-31-49-55-45-27-14-10-23-41(45)43-25-12-16-29-47(43)60(55)65(53)58(49)51/h4-36H,1-3H3. The van der Waals surface area contributed by atoms with E-state index in [-0.39, 0.29) is 12.1 Å². The molecular weight excluding hydrogens is 798 g/mol. The lowest BCUT2D eigenvalue weighted by Crippen LogP contribution is -2.59. The van der Waals surface area contributed by atoms with Crippen molar-refractivity contribution in [1.82, 2.24) is 9.13 Å². The molecule has 66 heavy (non-hydrogen) atoms. The number of nitrogens with zero attached hydrogens (tertiary/aromatic N) is 3. The summed E-state index contributed by atoms with van der Waals surface area (Å²) in [5, 5.41) is 15.5. The predicted molar refractivity (Wildman–Crippen MR) is 283 cm³/mol. The SMILES string of the molecule is CC(C)(C)c1cc2c3c(c1)c1c4ccccc4c4ccccc4c1n3-c1cc(N(c3ccccc3)c3ccccc3)cc3c1B2c1cccc2c4c5ccccc5c5ccccc5c4n-3c12. The summed E-state index contributed by atoms with van der Waals surface area (Å²) < 4.78 is 5.37. The first-order valence-corrected chi connectivity index (χ1v) is 23.3. The molecule has 3 nitrogen and oxygen atoms in total. The van der Waals surface area contributed by atoms with Crippen molar-refractivity contribution in [2.24, 2.45) is 0 Å². The molecule has 0 fully saturated rings. The fourth-order valence-corrected chi connectivity index (χ4v) is 12.4. The van der Waals surface area contributed by atoms with Crippen LogP contribution in [0.2, 0.25) is 0 Å². The van der Waals surface area contributed by atoms with E-state index in [0.29, 0.717) is 0 Å². The number of hydrogen-bond acceptors (Lipinski definition) is 1. The molecule has 0 saturated heterocycles. The largest absolute Gasteiger partial charge is 0.310 e. The van der Waals surface area contributed by atoms with Gasteiger partial charge in [-0.1, -0.05) is 178 Å². The van der Waals surface area contributed by atoms with Gasteiger partial charge in [-0.3, -0.25) is 0 Å². The van der Waals surface area contributed by atoms with Gasteiger partial charge in [0.1, 0.15) is 0 Å². The van der Waals surface area contributed by atoms with Crippen LogP contribution in [0.4, 0.5) is 17.1 Å². The number of rotatable bonds is 3. The van der Waals surface area contributed by atoms with Gasteiger partial charge in [0.05, 0.1) is 16.7 Å². The first kappa shape index (κ1) is 36.3. The second-order valence-electron chi connectivity index (χ2n) is 19.6. The van der Waals surface area contributed by atoms with Gasteiger partial charge in [0.25, 0.3) is 6.71 Å². The van der Waals surface area contributed by atoms with Gasteiger partial charge in [-0.05, 0) is 102 Å². The number of fused-ring (bicyclic) bond motifs is 20. The molecule has 0 N–H and O–H groups in total. The third-order valence-corrected chi connectivity index (χ3v) is 15.1. The third kappa shape index (κ3) is 4.58. The van der Waals surface area contributed by atoms with Crippen LogP contribution in [0.15, 0.2) is 200 Å². The van der Waals surface area contributed by atoms with Crippen LogP contribution in [0.3, 0.4) is 0 Å². The minimum atomic E-state index is -0.0853. The summed E-state index contributed by atoms with van der Waals surface area (Å²) in [6.07, 6.45) is 0. The number of para-hydroxylation sites is 3. The van der Waals surface area contributed by atoms with E-state index in [4.69, 9.17) is 0 Å². The second-order valence-corrected chi connectivity index (χ2v) is 19.6. The maximum absolute atomic E-state index is 2.69. The van der Waals surface area contributed by atoms with Gasteiger partial charge < -0.3 is 14.0 Å². The van der Waals surface area contributed by atoms with E-state index in [2.05, 4.69) is 235 Å². The van der Waals surface area contributed by atoms with Crippen LogP contribution >= 0.6 is 0 Å². The first-order valence-electron chi connectivity index (χ1n) is 23.3. The molecule has 0 unspecified atom stereocenters. The Balaban J connectivity index is 1.22. The van der Waals surface area contributed by atoms with Gasteiger partial charge in [-0.25, -0.2) is 0 Å². The summed E-state index contributed by atoms with van der Waals surface area (Å²) in [4.78, 5) is 2.46. The normalized spacial score (nSPS) is 13.0. The molecule has 0 atom stereocenters. The lowest BCUT2D eigenvalue weighted by molar-refractivity contribution is 0.591. The number of aromatic nitrogens is 2. The Hall–Kier alpha value is -8.08. The highest BCUT2D eigenvalue weighted by Crippen LogP contribution is 2.49. The molecule has 0 radical (unpaired) electrons. The van der Waals surface area contributed by atoms with Crippen molar-refractivity contribution in [3.63, 3.8) is 0 Å². The van der Waals surface area contributed by atoms with Crippen molar-refractivity contribution in [2.45, 2.75) is 26.2 Å².